The van der Waals surface area contributed by atoms with Crippen LogP contribution >= 0.6 is 0 Å². The summed E-state index contributed by atoms with van der Waals surface area (Å²) >= 11 is 0. The fourth-order valence-corrected chi connectivity index (χ4v) is 2.59. The zero-order chi connectivity index (χ0) is 21.0. The summed E-state index contributed by atoms with van der Waals surface area (Å²) in [6.07, 6.45) is 1.18. The average molecular weight is 399 g/mol. The van der Waals surface area contributed by atoms with E-state index in [1.807, 2.05) is 0 Å². The Morgan fingerprint density at radius 2 is 1.83 bits per heavy atom. The number of alkyl halides is 3. The third-order valence-electron chi connectivity index (χ3n) is 4.08. The molecule has 0 aliphatic heterocycles. The predicted octanol–water partition coefficient (Wildman–Crippen LogP) is 4.32. The lowest BCUT2D eigenvalue weighted by atomic mass is 10.1. The van der Waals surface area contributed by atoms with E-state index in [9.17, 15) is 22.8 Å². The molecule has 0 saturated heterocycles. The third kappa shape index (κ3) is 4.98. The summed E-state index contributed by atoms with van der Waals surface area (Å²) in [5.41, 5.74) is 0.330. The average Bonchev–Trinajstić information content (AvgIpc) is 3.12. The number of ketones is 1. The van der Waals surface area contributed by atoms with Crippen molar-refractivity contribution in [3.63, 3.8) is 0 Å². The van der Waals surface area contributed by atoms with Crippen LogP contribution < -0.4 is 5.32 Å². The van der Waals surface area contributed by atoms with Gasteiger partial charge in [-0.3, -0.25) is 9.59 Å². The van der Waals surface area contributed by atoms with E-state index < -0.39 is 17.6 Å². The molecule has 3 aromatic rings. The Kier molecular flexibility index (Phi) is 5.63. The van der Waals surface area contributed by atoms with Gasteiger partial charge in [0.15, 0.2) is 5.82 Å². The molecule has 0 fully saturated rings. The number of carbonyl (C=O) groups excluding carboxylic acids is 2. The van der Waals surface area contributed by atoms with Gasteiger partial charge in [-0.2, -0.15) is 13.2 Å². The van der Waals surface area contributed by atoms with Gasteiger partial charge in [0.25, 0.3) is 0 Å². The van der Waals surface area contributed by atoms with Gasteiger partial charge in [0.05, 0.1) is 5.56 Å². The minimum atomic E-state index is -4.44. The highest BCUT2D eigenvalue weighted by Crippen LogP contribution is 2.29. The number of rotatable bonds is 5. The zero-order valence-electron chi connectivity index (χ0n) is 15.3. The lowest BCUT2D eigenvalue weighted by Crippen LogP contribution is -2.10. The Hall–Kier alpha value is -3.68. The SMILES string of the molecule is Cn1ccnc1C(=O)c1ccc(NC(=O)/C=C/c2cccc(C(F)(F)F)c2)cc1. The molecule has 1 heterocycles. The van der Waals surface area contributed by atoms with E-state index in [2.05, 4.69) is 10.3 Å². The van der Waals surface area contributed by atoms with Gasteiger partial charge in [0.2, 0.25) is 11.7 Å². The number of halogens is 3. The molecule has 1 aromatic heterocycles. The van der Waals surface area contributed by atoms with Gasteiger partial charge in [-0.05, 0) is 48.0 Å². The summed E-state index contributed by atoms with van der Waals surface area (Å²) in [4.78, 5) is 28.4. The smallest absolute Gasteiger partial charge is 0.331 e. The monoisotopic (exact) mass is 399 g/mol. The molecule has 1 amide bonds. The summed E-state index contributed by atoms with van der Waals surface area (Å²) in [7, 11) is 1.71. The molecule has 8 heteroatoms. The molecule has 3 rings (SSSR count). The quantitative estimate of drug-likeness (QED) is 0.513. The molecule has 148 valence electrons. The first-order valence-corrected chi connectivity index (χ1v) is 8.52. The predicted molar refractivity (Wildman–Crippen MR) is 102 cm³/mol. The molecule has 5 nitrogen and oxygen atoms in total. The first-order chi connectivity index (χ1) is 13.7. The Bertz CT molecular complexity index is 1070. The van der Waals surface area contributed by atoms with E-state index in [0.717, 1.165) is 18.2 Å². The molecule has 0 spiro atoms. The molecule has 0 aliphatic rings. The van der Waals surface area contributed by atoms with Gasteiger partial charge in [-0.25, -0.2) is 4.98 Å². The number of benzene rings is 2. The third-order valence-corrected chi connectivity index (χ3v) is 4.08. The number of aryl methyl sites for hydroxylation is 1. The summed E-state index contributed by atoms with van der Waals surface area (Å²) in [6.45, 7) is 0. The first-order valence-electron chi connectivity index (χ1n) is 8.52. The second-order valence-corrected chi connectivity index (χ2v) is 6.21. The number of hydrogen-bond acceptors (Lipinski definition) is 3. The maximum absolute atomic E-state index is 12.7. The number of imidazole rings is 1. The van der Waals surface area contributed by atoms with Crippen molar-refractivity contribution >= 4 is 23.5 Å². The van der Waals surface area contributed by atoms with Crippen LogP contribution in [0.15, 0.2) is 67.0 Å². The Labute approximate surface area is 164 Å². The maximum atomic E-state index is 12.7. The van der Waals surface area contributed by atoms with Gasteiger partial charge in [0.1, 0.15) is 0 Å². The Morgan fingerprint density at radius 3 is 2.45 bits per heavy atom. The van der Waals surface area contributed by atoms with Crippen LogP contribution in [0.3, 0.4) is 0 Å². The van der Waals surface area contributed by atoms with Crippen molar-refractivity contribution in [2.24, 2.45) is 7.05 Å². The van der Waals surface area contributed by atoms with Crippen LogP contribution in [0.4, 0.5) is 18.9 Å². The van der Waals surface area contributed by atoms with E-state index in [1.165, 1.54) is 24.4 Å². The molecule has 2 aromatic carbocycles. The van der Waals surface area contributed by atoms with Crippen molar-refractivity contribution in [1.29, 1.82) is 0 Å². The highest BCUT2D eigenvalue weighted by atomic mass is 19.4. The summed E-state index contributed by atoms with van der Waals surface area (Å²) in [6, 6.07) is 10.9. The highest BCUT2D eigenvalue weighted by molar-refractivity contribution is 6.07. The van der Waals surface area contributed by atoms with Crippen LogP contribution in [0.5, 0.6) is 0 Å². The van der Waals surface area contributed by atoms with Crippen molar-refractivity contribution < 1.29 is 22.8 Å². The zero-order valence-corrected chi connectivity index (χ0v) is 15.3. The van der Waals surface area contributed by atoms with Crippen molar-refractivity contribution in [3.05, 3.63) is 89.5 Å². The molecule has 0 saturated carbocycles. The standard InChI is InChI=1S/C21H16F3N3O2/c1-27-12-11-25-20(27)19(29)15-6-8-17(9-7-15)26-18(28)10-5-14-3-2-4-16(13-14)21(22,23)24/h2-13H,1H3,(H,26,28)/b10-5+. The van der Waals surface area contributed by atoms with Crippen LogP contribution in [0.25, 0.3) is 6.08 Å². The summed E-state index contributed by atoms with van der Waals surface area (Å²) in [5.74, 6) is -0.462. The fraction of sp³-hybridized carbons (Fsp3) is 0.0952. The normalized spacial score (nSPS) is 11.6. The van der Waals surface area contributed by atoms with E-state index in [-0.39, 0.29) is 11.3 Å². The van der Waals surface area contributed by atoms with Gasteiger partial charge < -0.3 is 9.88 Å². The Morgan fingerprint density at radius 1 is 1.10 bits per heavy atom. The molecular weight excluding hydrogens is 383 g/mol. The number of carbonyl (C=O) groups is 2. The molecule has 29 heavy (non-hydrogen) atoms. The molecule has 0 aliphatic carbocycles. The van der Waals surface area contributed by atoms with Gasteiger partial charge in [0, 0.05) is 36.8 Å². The van der Waals surface area contributed by atoms with Crippen molar-refractivity contribution in [3.8, 4) is 0 Å². The lowest BCUT2D eigenvalue weighted by Gasteiger charge is -2.07. The number of aromatic nitrogens is 2. The van der Waals surface area contributed by atoms with E-state index in [0.29, 0.717) is 17.1 Å². The topological polar surface area (TPSA) is 64.0 Å². The van der Waals surface area contributed by atoms with Crippen LogP contribution in [0.2, 0.25) is 0 Å². The van der Waals surface area contributed by atoms with Crippen LogP contribution in [-0.4, -0.2) is 21.2 Å². The maximum Gasteiger partial charge on any atom is 0.416 e. The number of nitrogens with zero attached hydrogens (tertiary/aromatic N) is 2. The molecular formula is C21H16F3N3O2. The second kappa shape index (κ2) is 8.14. The van der Waals surface area contributed by atoms with Gasteiger partial charge in [-0.15, -0.1) is 0 Å². The van der Waals surface area contributed by atoms with Gasteiger partial charge in [-0.1, -0.05) is 12.1 Å². The first kappa shape index (κ1) is 20.1. The molecule has 0 atom stereocenters. The molecule has 0 unspecified atom stereocenters. The number of amides is 1. The van der Waals surface area contributed by atoms with Crippen molar-refractivity contribution in [2.45, 2.75) is 6.18 Å². The highest BCUT2D eigenvalue weighted by Gasteiger charge is 2.30. The molecule has 0 bridgehead atoms. The molecule has 0 radical (unpaired) electrons. The van der Waals surface area contributed by atoms with E-state index in [1.54, 1.807) is 42.1 Å². The fourth-order valence-electron chi connectivity index (χ4n) is 2.59. The van der Waals surface area contributed by atoms with Crippen molar-refractivity contribution in [1.82, 2.24) is 9.55 Å². The minimum absolute atomic E-state index is 0.250. The number of hydrogen-bond donors (Lipinski definition) is 1. The van der Waals surface area contributed by atoms with E-state index in [4.69, 9.17) is 0 Å². The minimum Gasteiger partial charge on any atom is -0.331 e. The largest absolute Gasteiger partial charge is 0.416 e. The molecule has 1 N–H and O–H groups in total. The summed E-state index contributed by atoms with van der Waals surface area (Å²) < 4.78 is 39.8. The van der Waals surface area contributed by atoms with Crippen LogP contribution in [-0.2, 0) is 18.0 Å². The van der Waals surface area contributed by atoms with Crippen LogP contribution in [0, 0.1) is 0 Å². The lowest BCUT2D eigenvalue weighted by molar-refractivity contribution is -0.137. The van der Waals surface area contributed by atoms with Crippen LogP contribution in [0.1, 0.15) is 27.3 Å². The Balaban J connectivity index is 1.65. The van der Waals surface area contributed by atoms with Crippen molar-refractivity contribution in [2.75, 3.05) is 5.32 Å². The summed E-state index contributed by atoms with van der Waals surface area (Å²) in [5, 5.41) is 2.59. The number of anilines is 1. The van der Waals surface area contributed by atoms with Gasteiger partial charge >= 0.3 is 6.18 Å². The second-order valence-electron chi connectivity index (χ2n) is 6.21. The van der Waals surface area contributed by atoms with E-state index >= 15 is 0 Å². The number of nitrogens with one attached hydrogen (secondary N) is 1.